The largest absolute Gasteiger partial charge is 0.462 e. The van der Waals surface area contributed by atoms with Crippen LogP contribution in [-0.2, 0) is 30.4 Å². The molecule has 57 heavy (non-hydrogen) atoms. The third-order valence-corrected chi connectivity index (χ3v) is 17.1. The molecule has 8 heteroatoms. The van der Waals surface area contributed by atoms with Gasteiger partial charge in [0.25, 0.3) is 0 Å². The molecule has 0 aliphatic heterocycles. The zero-order valence-corrected chi connectivity index (χ0v) is 38.3. The van der Waals surface area contributed by atoms with Crippen molar-refractivity contribution >= 4 is 29.3 Å². The Morgan fingerprint density at radius 3 is 2.25 bits per heavy atom. The minimum absolute atomic E-state index is 0.0120. The van der Waals surface area contributed by atoms with Crippen molar-refractivity contribution in [2.75, 3.05) is 6.54 Å². The molecule has 6 rings (SSSR count). The smallest absolute Gasteiger partial charge is 0.312 e. The lowest BCUT2D eigenvalue weighted by atomic mass is 9.33. The fourth-order valence-electron chi connectivity index (χ4n) is 13.7. The standard InChI is InChI=1S/C49H74ClNO6/c1-29(2)40-34(52)25-49(37(53)28-51-27-31-14-15-32(50)24-30(31)3)23-22-47(12)33(41(40)49)16-17-36-46(11)20-19-38(45(9,10)35(46)18-21-48(36,47)13)56-39(54)26-44(7,8)42(55)57-43(4,5)6/h14-15,24,29,33,35-38,51,53H,16-23,25-28H2,1-13H3/t33-,35+,36-,37?,38+,46+,47-,48-,49?/m1/s1. The Morgan fingerprint density at radius 2 is 1.61 bits per heavy atom. The molecule has 1 aromatic rings. The molecule has 1 aromatic carbocycles. The minimum atomic E-state index is -0.978. The van der Waals surface area contributed by atoms with Gasteiger partial charge in [-0.25, -0.2) is 0 Å². The number of carbonyl (C=O) groups is 3. The van der Waals surface area contributed by atoms with Crippen LogP contribution in [0.5, 0.6) is 0 Å². The van der Waals surface area contributed by atoms with Crippen molar-refractivity contribution in [3.63, 3.8) is 0 Å². The van der Waals surface area contributed by atoms with E-state index in [9.17, 15) is 19.5 Å². The second-order valence-electron chi connectivity index (χ2n) is 22.5. The molecule has 0 radical (unpaired) electrons. The molecule has 0 bridgehead atoms. The van der Waals surface area contributed by atoms with Crippen LogP contribution >= 0.6 is 11.6 Å². The van der Waals surface area contributed by atoms with Gasteiger partial charge in [0, 0.05) is 35.4 Å². The molecule has 2 unspecified atom stereocenters. The lowest BCUT2D eigenvalue weighted by molar-refractivity contribution is -0.235. The number of hydrogen-bond donors (Lipinski definition) is 2. The highest BCUT2D eigenvalue weighted by molar-refractivity contribution is 6.30. The average Bonchev–Trinajstić information content (AvgIpc) is 3.39. The van der Waals surface area contributed by atoms with Gasteiger partial charge in [-0.1, -0.05) is 71.7 Å². The number of aliphatic hydroxyl groups is 1. The van der Waals surface area contributed by atoms with Gasteiger partial charge in [0.2, 0.25) is 0 Å². The summed E-state index contributed by atoms with van der Waals surface area (Å²) in [5.74, 6) is 0.769. The van der Waals surface area contributed by atoms with Crippen LogP contribution < -0.4 is 5.32 Å². The minimum Gasteiger partial charge on any atom is -0.462 e. The van der Waals surface area contributed by atoms with Crippen molar-refractivity contribution in [3.8, 4) is 0 Å². The second-order valence-corrected chi connectivity index (χ2v) is 22.9. The summed E-state index contributed by atoms with van der Waals surface area (Å²) in [5.41, 5.74) is 2.33. The summed E-state index contributed by atoms with van der Waals surface area (Å²) in [6, 6.07) is 5.94. The maximum Gasteiger partial charge on any atom is 0.312 e. The molecular formula is C49H74ClNO6. The highest BCUT2D eigenvalue weighted by Gasteiger charge is 2.70. The summed E-state index contributed by atoms with van der Waals surface area (Å²) in [6.45, 7) is 28.8. The number of halogens is 1. The molecule has 4 saturated carbocycles. The number of ether oxygens (including phenoxy) is 2. The maximum atomic E-state index is 14.1. The zero-order valence-electron chi connectivity index (χ0n) is 37.5. The number of allylic oxidation sites excluding steroid dienone is 1. The molecule has 0 amide bonds. The average molecular weight is 809 g/mol. The highest BCUT2D eigenvalue weighted by atomic mass is 35.5. The Labute approximate surface area is 349 Å². The van der Waals surface area contributed by atoms with E-state index in [4.69, 9.17) is 21.1 Å². The fourth-order valence-corrected chi connectivity index (χ4v) is 13.9. The molecule has 4 fully saturated rings. The van der Waals surface area contributed by atoms with Crippen molar-refractivity contribution in [1.29, 1.82) is 0 Å². The van der Waals surface area contributed by atoms with E-state index in [-0.39, 0.29) is 63.7 Å². The predicted molar refractivity (Wildman–Crippen MR) is 227 cm³/mol. The number of benzene rings is 1. The van der Waals surface area contributed by atoms with Gasteiger partial charge < -0.3 is 19.9 Å². The van der Waals surface area contributed by atoms with Crippen LogP contribution in [0.2, 0.25) is 5.02 Å². The van der Waals surface area contributed by atoms with E-state index in [1.165, 1.54) is 5.57 Å². The van der Waals surface area contributed by atoms with Gasteiger partial charge in [-0.2, -0.15) is 0 Å². The van der Waals surface area contributed by atoms with Gasteiger partial charge in [-0.15, -0.1) is 0 Å². The Hall–Kier alpha value is -2.22. The van der Waals surface area contributed by atoms with Crippen LogP contribution in [0.1, 0.15) is 158 Å². The number of aliphatic hydroxyl groups excluding tert-OH is 1. The van der Waals surface area contributed by atoms with Crippen LogP contribution in [0, 0.1) is 63.1 Å². The number of carbonyl (C=O) groups excluding carboxylic acids is 3. The first-order chi connectivity index (χ1) is 26.2. The topological polar surface area (TPSA) is 102 Å². The number of hydrogen-bond acceptors (Lipinski definition) is 7. The Balaban J connectivity index is 1.22. The molecule has 0 aromatic heterocycles. The van der Waals surface area contributed by atoms with E-state index in [0.717, 1.165) is 73.1 Å². The van der Waals surface area contributed by atoms with E-state index in [0.29, 0.717) is 31.3 Å². The molecule has 0 heterocycles. The van der Waals surface area contributed by atoms with E-state index < -0.39 is 22.5 Å². The van der Waals surface area contributed by atoms with E-state index in [1.807, 2.05) is 39.0 Å². The lowest BCUT2D eigenvalue weighted by Crippen LogP contribution is -2.66. The van der Waals surface area contributed by atoms with Gasteiger partial charge >= 0.3 is 11.9 Å². The molecule has 0 spiro atoms. The molecule has 318 valence electrons. The first-order valence-electron chi connectivity index (χ1n) is 22.1. The van der Waals surface area contributed by atoms with Crippen molar-refractivity contribution in [2.45, 2.75) is 179 Å². The number of rotatable bonds is 10. The summed E-state index contributed by atoms with van der Waals surface area (Å²) in [7, 11) is 0. The maximum absolute atomic E-state index is 14.1. The summed E-state index contributed by atoms with van der Waals surface area (Å²) >= 11 is 6.22. The third kappa shape index (κ3) is 7.49. The Kier molecular flexibility index (Phi) is 11.7. The van der Waals surface area contributed by atoms with Crippen LogP contribution in [0.15, 0.2) is 29.3 Å². The van der Waals surface area contributed by atoms with E-state index in [2.05, 4.69) is 60.7 Å². The van der Waals surface area contributed by atoms with Crippen LogP contribution in [0.3, 0.4) is 0 Å². The fraction of sp³-hybridized carbons (Fsp3) is 0.776. The zero-order chi connectivity index (χ0) is 42.3. The number of aryl methyl sites for hydroxylation is 1. The molecule has 7 nitrogen and oxygen atoms in total. The van der Waals surface area contributed by atoms with E-state index in [1.54, 1.807) is 13.8 Å². The van der Waals surface area contributed by atoms with Gasteiger partial charge in [0.05, 0.1) is 17.9 Å². The summed E-state index contributed by atoms with van der Waals surface area (Å²) in [4.78, 5) is 40.6. The first-order valence-corrected chi connectivity index (χ1v) is 22.5. The molecule has 2 N–H and O–H groups in total. The molecule has 5 aliphatic rings. The van der Waals surface area contributed by atoms with Crippen LogP contribution in [0.25, 0.3) is 0 Å². The van der Waals surface area contributed by atoms with Gasteiger partial charge in [-0.05, 0) is 162 Å². The lowest BCUT2D eigenvalue weighted by Gasteiger charge is -2.72. The van der Waals surface area contributed by atoms with Gasteiger partial charge in [0.1, 0.15) is 11.7 Å². The second kappa shape index (κ2) is 15.0. The number of nitrogens with one attached hydrogen (secondary N) is 1. The van der Waals surface area contributed by atoms with Gasteiger partial charge in [0.15, 0.2) is 5.78 Å². The number of fused-ring (bicyclic) bond motifs is 7. The highest BCUT2D eigenvalue weighted by Crippen LogP contribution is 2.77. The third-order valence-electron chi connectivity index (χ3n) is 16.8. The molecule has 0 saturated heterocycles. The Bertz CT molecular complexity index is 1790. The van der Waals surface area contributed by atoms with Crippen LogP contribution in [0.4, 0.5) is 0 Å². The number of Topliss-reactive ketones (excluding diaryl/α,β-unsaturated/α-hetero) is 1. The van der Waals surface area contributed by atoms with Crippen molar-refractivity contribution in [2.24, 2.45) is 56.2 Å². The summed E-state index contributed by atoms with van der Waals surface area (Å²) in [5, 5.41) is 16.5. The number of ketones is 1. The number of esters is 2. The van der Waals surface area contributed by atoms with Crippen molar-refractivity contribution < 1.29 is 29.0 Å². The molecule has 9 atom stereocenters. The quantitative estimate of drug-likeness (QED) is 0.227. The van der Waals surface area contributed by atoms with E-state index >= 15 is 0 Å². The Morgan fingerprint density at radius 1 is 0.930 bits per heavy atom. The summed E-state index contributed by atoms with van der Waals surface area (Å²) < 4.78 is 12.0. The summed E-state index contributed by atoms with van der Waals surface area (Å²) in [6.07, 6.45) is 7.43. The van der Waals surface area contributed by atoms with Crippen molar-refractivity contribution in [1.82, 2.24) is 5.32 Å². The molecule has 5 aliphatic carbocycles. The van der Waals surface area contributed by atoms with Gasteiger partial charge in [-0.3, -0.25) is 14.4 Å². The monoisotopic (exact) mass is 808 g/mol. The SMILES string of the molecule is Cc1cc(Cl)ccc1CNCC(O)C12CC[C@]3(C)[C@H](CC[C@@H]4[C@@]5(C)CC[C@H](OC(=O)CC(C)(C)C(=O)OC(C)(C)C)C(C)(C)[C@@H]5CC[C@]43C)C1=C(C(C)C)C(=O)C2. The van der Waals surface area contributed by atoms with Crippen molar-refractivity contribution in [3.05, 3.63) is 45.5 Å². The molecular weight excluding hydrogens is 734 g/mol. The van der Waals surface area contributed by atoms with Crippen LogP contribution in [-0.4, -0.2) is 47.2 Å². The normalized spacial score (nSPS) is 35.5. The predicted octanol–water partition coefficient (Wildman–Crippen LogP) is 10.7. The first kappa shape index (κ1) is 44.3.